The highest BCUT2D eigenvalue weighted by atomic mass is 16.5. The number of rotatable bonds is 6. The molecule has 1 heterocycles. The number of benzene rings is 2. The molecule has 3 rings (SSSR count). The van der Waals surface area contributed by atoms with Crippen LogP contribution in [0.15, 0.2) is 54.6 Å². The molecule has 1 aromatic heterocycles. The first-order chi connectivity index (χ1) is 12.6. The van der Waals surface area contributed by atoms with Gasteiger partial charge in [-0.3, -0.25) is 4.79 Å². The average molecular weight is 349 g/mol. The highest BCUT2D eigenvalue weighted by Gasteiger charge is 2.14. The van der Waals surface area contributed by atoms with E-state index >= 15 is 0 Å². The molecule has 0 unspecified atom stereocenters. The summed E-state index contributed by atoms with van der Waals surface area (Å²) in [4.78, 5) is 12.5. The first-order valence-corrected chi connectivity index (χ1v) is 8.71. The second-order valence-corrected chi connectivity index (χ2v) is 6.04. The molecule has 0 saturated heterocycles. The van der Waals surface area contributed by atoms with E-state index in [-0.39, 0.29) is 5.91 Å². The average Bonchev–Trinajstić information content (AvgIpc) is 2.95. The fourth-order valence-electron chi connectivity index (χ4n) is 2.92. The van der Waals surface area contributed by atoms with Crippen LogP contribution < -0.4 is 10.1 Å². The molecule has 134 valence electrons. The molecular weight excluding hydrogens is 326 g/mol. The minimum absolute atomic E-state index is 0.127. The molecule has 0 aliphatic rings. The van der Waals surface area contributed by atoms with E-state index in [0.717, 1.165) is 22.6 Å². The summed E-state index contributed by atoms with van der Waals surface area (Å²) >= 11 is 0. The van der Waals surface area contributed by atoms with E-state index in [1.54, 1.807) is 12.1 Å². The molecule has 1 amide bonds. The number of nitrogens with one attached hydrogen (secondary N) is 1. The zero-order valence-corrected chi connectivity index (χ0v) is 15.3. The van der Waals surface area contributed by atoms with Crippen molar-refractivity contribution < 1.29 is 9.53 Å². The van der Waals surface area contributed by atoms with Crippen molar-refractivity contribution in [1.82, 2.24) is 15.1 Å². The van der Waals surface area contributed by atoms with E-state index in [0.29, 0.717) is 24.5 Å². The second kappa shape index (κ2) is 7.87. The number of nitrogens with zero attached hydrogens (tertiary/aromatic N) is 2. The van der Waals surface area contributed by atoms with Crippen LogP contribution in [0.4, 0.5) is 0 Å². The lowest BCUT2D eigenvalue weighted by molar-refractivity contribution is 0.0950. The molecule has 0 aliphatic carbocycles. The molecule has 0 radical (unpaired) electrons. The summed E-state index contributed by atoms with van der Waals surface area (Å²) in [6.45, 7) is 6.90. The fraction of sp³-hybridized carbons (Fsp3) is 0.238. The Morgan fingerprint density at radius 1 is 1.12 bits per heavy atom. The molecule has 5 nitrogen and oxygen atoms in total. The maximum atomic E-state index is 12.5. The van der Waals surface area contributed by atoms with Gasteiger partial charge in [0.1, 0.15) is 5.75 Å². The predicted octanol–water partition coefficient (Wildman–Crippen LogP) is 3.82. The van der Waals surface area contributed by atoms with Crippen LogP contribution >= 0.6 is 0 Å². The Morgan fingerprint density at radius 3 is 2.62 bits per heavy atom. The first kappa shape index (κ1) is 17.7. The van der Waals surface area contributed by atoms with Crippen molar-refractivity contribution in [2.75, 3.05) is 6.61 Å². The summed E-state index contributed by atoms with van der Waals surface area (Å²) in [5, 5.41) is 7.60. The number of carbonyl (C=O) groups is 1. The van der Waals surface area contributed by atoms with E-state index in [1.165, 1.54) is 0 Å². The summed E-state index contributed by atoms with van der Waals surface area (Å²) < 4.78 is 7.37. The van der Waals surface area contributed by atoms with E-state index < -0.39 is 0 Å². The third-order valence-corrected chi connectivity index (χ3v) is 4.27. The van der Waals surface area contributed by atoms with Crippen LogP contribution in [-0.4, -0.2) is 22.3 Å². The minimum Gasteiger partial charge on any atom is -0.494 e. The third kappa shape index (κ3) is 3.77. The fourth-order valence-corrected chi connectivity index (χ4v) is 2.92. The van der Waals surface area contributed by atoms with Gasteiger partial charge in [-0.15, -0.1) is 0 Å². The SMILES string of the molecule is CCOc1cccc(C(=O)NCc2c(C)nn(-c3ccccc3)c2C)c1. The molecule has 0 bridgehead atoms. The van der Waals surface area contributed by atoms with Gasteiger partial charge >= 0.3 is 0 Å². The first-order valence-electron chi connectivity index (χ1n) is 8.71. The van der Waals surface area contributed by atoms with Gasteiger partial charge in [0.2, 0.25) is 0 Å². The summed E-state index contributed by atoms with van der Waals surface area (Å²) in [6, 6.07) is 17.2. The largest absolute Gasteiger partial charge is 0.494 e. The molecule has 0 spiro atoms. The maximum Gasteiger partial charge on any atom is 0.251 e. The Balaban J connectivity index is 1.75. The van der Waals surface area contributed by atoms with Crippen molar-refractivity contribution in [2.45, 2.75) is 27.3 Å². The van der Waals surface area contributed by atoms with Crippen LogP contribution in [0.25, 0.3) is 5.69 Å². The zero-order valence-electron chi connectivity index (χ0n) is 15.3. The summed E-state index contributed by atoms with van der Waals surface area (Å²) in [5.74, 6) is 0.572. The number of para-hydroxylation sites is 1. The number of hydrogen-bond donors (Lipinski definition) is 1. The Bertz CT molecular complexity index is 901. The lowest BCUT2D eigenvalue weighted by Gasteiger charge is -2.08. The molecule has 2 aromatic carbocycles. The van der Waals surface area contributed by atoms with E-state index in [1.807, 2.05) is 67.9 Å². The van der Waals surface area contributed by atoms with Crippen molar-refractivity contribution in [2.24, 2.45) is 0 Å². The van der Waals surface area contributed by atoms with E-state index in [2.05, 4.69) is 10.4 Å². The van der Waals surface area contributed by atoms with Crippen LogP contribution in [0, 0.1) is 13.8 Å². The molecule has 26 heavy (non-hydrogen) atoms. The van der Waals surface area contributed by atoms with Crippen molar-refractivity contribution in [3.05, 3.63) is 77.1 Å². The molecule has 0 aliphatic heterocycles. The van der Waals surface area contributed by atoms with Crippen molar-refractivity contribution in [3.8, 4) is 11.4 Å². The van der Waals surface area contributed by atoms with Gasteiger partial charge in [0.15, 0.2) is 0 Å². The summed E-state index contributed by atoms with van der Waals surface area (Å²) in [7, 11) is 0. The number of ether oxygens (including phenoxy) is 1. The Hall–Kier alpha value is -3.08. The van der Waals surface area contributed by atoms with Crippen molar-refractivity contribution in [1.29, 1.82) is 0 Å². The summed E-state index contributed by atoms with van der Waals surface area (Å²) in [5.41, 5.74) is 4.56. The molecule has 0 atom stereocenters. The number of aryl methyl sites for hydroxylation is 1. The van der Waals surface area contributed by atoms with Gasteiger partial charge in [0.25, 0.3) is 5.91 Å². The van der Waals surface area contributed by atoms with Gasteiger partial charge in [0.05, 0.1) is 18.0 Å². The minimum atomic E-state index is -0.127. The van der Waals surface area contributed by atoms with Gasteiger partial charge in [-0.1, -0.05) is 24.3 Å². The highest BCUT2D eigenvalue weighted by molar-refractivity contribution is 5.94. The number of hydrogen-bond acceptors (Lipinski definition) is 3. The van der Waals surface area contributed by atoms with Gasteiger partial charge in [-0.2, -0.15) is 5.10 Å². The van der Waals surface area contributed by atoms with E-state index in [9.17, 15) is 4.79 Å². The van der Waals surface area contributed by atoms with Crippen LogP contribution in [0.3, 0.4) is 0 Å². The van der Waals surface area contributed by atoms with Gasteiger partial charge in [-0.25, -0.2) is 4.68 Å². The molecule has 0 fully saturated rings. The number of carbonyl (C=O) groups excluding carboxylic acids is 1. The van der Waals surface area contributed by atoms with Crippen LogP contribution in [0.1, 0.15) is 34.2 Å². The van der Waals surface area contributed by atoms with Crippen LogP contribution in [0.5, 0.6) is 5.75 Å². The Kier molecular flexibility index (Phi) is 5.37. The molecular formula is C21H23N3O2. The van der Waals surface area contributed by atoms with Gasteiger partial charge in [0, 0.05) is 23.4 Å². The molecule has 0 saturated carbocycles. The van der Waals surface area contributed by atoms with Crippen LogP contribution in [0.2, 0.25) is 0 Å². The Morgan fingerprint density at radius 2 is 1.88 bits per heavy atom. The van der Waals surface area contributed by atoms with E-state index in [4.69, 9.17) is 4.74 Å². The third-order valence-electron chi connectivity index (χ3n) is 4.27. The predicted molar refractivity (Wildman–Crippen MR) is 102 cm³/mol. The smallest absolute Gasteiger partial charge is 0.251 e. The quantitative estimate of drug-likeness (QED) is 0.736. The maximum absolute atomic E-state index is 12.5. The molecule has 3 aromatic rings. The Labute approximate surface area is 153 Å². The lowest BCUT2D eigenvalue weighted by atomic mass is 10.1. The standard InChI is InChI=1S/C21H23N3O2/c1-4-26-19-12-8-9-17(13-19)21(25)22-14-20-15(2)23-24(16(20)3)18-10-6-5-7-11-18/h5-13H,4,14H2,1-3H3,(H,22,25). The van der Waals surface area contributed by atoms with Crippen LogP contribution in [-0.2, 0) is 6.54 Å². The van der Waals surface area contributed by atoms with Gasteiger partial charge < -0.3 is 10.1 Å². The topological polar surface area (TPSA) is 56.1 Å². The second-order valence-electron chi connectivity index (χ2n) is 6.04. The molecule has 1 N–H and O–H groups in total. The zero-order chi connectivity index (χ0) is 18.5. The molecule has 5 heteroatoms. The number of amides is 1. The van der Waals surface area contributed by atoms with Crippen molar-refractivity contribution >= 4 is 5.91 Å². The van der Waals surface area contributed by atoms with Crippen molar-refractivity contribution in [3.63, 3.8) is 0 Å². The number of aromatic nitrogens is 2. The summed E-state index contributed by atoms with van der Waals surface area (Å²) in [6.07, 6.45) is 0. The lowest BCUT2D eigenvalue weighted by Crippen LogP contribution is -2.23. The highest BCUT2D eigenvalue weighted by Crippen LogP contribution is 2.18. The van der Waals surface area contributed by atoms with Gasteiger partial charge in [-0.05, 0) is 51.1 Å². The monoisotopic (exact) mass is 349 g/mol. The normalized spacial score (nSPS) is 10.6.